The van der Waals surface area contributed by atoms with Crippen molar-refractivity contribution in [2.45, 2.75) is 6.42 Å². The lowest BCUT2D eigenvalue weighted by molar-refractivity contribution is -0.115. The molecule has 2 aromatic heterocycles. The van der Waals surface area contributed by atoms with E-state index in [1.165, 1.54) is 0 Å². The Balaban J connectivity index is 1.73. The summed E-state index contributed by atoms with van der Waals surface area (Å²) in [5.74, 6) is -0.0313. The Bertz CT molecular complexity index is 674. The number of hydrogen-bond donors (Lipinski definition) is 2. The van der Waals surface area contributed by atoms with Crippen LogP contribution >= 0.6 is 11.3 Å². The Morgan fingerprint density at radius 2 is 2.17 bits per heavy atom. The van der Waals surface area contributed by atoms with Crippen LogP contribution in [0.3, 0.4) is 0 Å². The summed E-state index contributed by atoms with van der Waals surface area (Å²) in [7, 11) is 0. The highest BCUT2D eigenvalue weighted by molar-refractivity contribution is 7.08. The van der Waals surface area contributed by atoms with Crippen molar-refractivity contribution in [2.75, 3.05) is 5.32 Å². The topological polar surface area (TPSA) is 70.7 Å². The van der Waals surface area contributed by atoms with Crippen LogP contribution in [0.4, 0.5) is 5.69 Å². The summed E-state index contributed by atoms with van der Waals surface area (Å²) in [4.78, 5) is 11.8. The highest BCUT2D eigenvalue weighted by atomic mass is 32.1. The molecule has 3 aromatic rings. The zero-order chi connectivity index (χ0) is 12.4. The first kappa shape index (κ1) is 10.9. The quantitative estimate of drug-likeness (QED) is 0.756. The lowest BCUT2D eigenvalue weighted by atomic mass is 10.2. The number of fused-ring (bicyclic) bond motifs is 1. The van der Waals surface area contributed by atoms with Gasteiger partial charge in [-0.15, -0.1) is 0 Å². The molecule has 0 unspecified atom stereocenters. The molecule has 18 heavy (non-hydrogen) atoms. The molecule has 2 N–H and O–H groups in total. The minimum absolute atomic E-state index is 0.0313. The molecule has 0 saturated heterocycles. The Morgan fingerprint density at radius 1 is 1.28 bits per heavy atom. The van der Waals surface area contributed by atoms with Gasteiger partial charge in [0.15, 0.2) is 0 Å². The van der Waals surface area contributed by atoms with E-state index in [9.17, 15) is 4.79 Å². The third-order valence-electron chi connectivity index (χ3n) is 2.54. The lowest BCUT2D eigenvalue weighted by Gasteiger charge is -2.03. The van der Waals surface area contributed by atoms with Gasteiger partial charge in [-0.05, 0) is 40.6 Å². The summed E-state index contributed by atoms with van der Waals surface area (Å²) in [6.45, 7) is 0. The predicted octanol–water partition coefficient (Wildman–Crippen LogP) is 2.20. The van der Waals surface area contributed by atoms with Crippen LogP contribution in [0.25, 0.3) is 11.0 Å². The Hall–Kier alpha value is -2.21. The van der Waals surface area contributed by atoms with Crippen LogP contribution in [-0.4, -0.2) is 21.3 Å². The van der Waals surface area contributed by atoms with E-state index in [-0.39, 0.29) is 5.91 Å². The maximum Gasteiger partial charge on any atom is 0.228 e. The number of benzene rings is 1. The van der Waals surface area contributed by atoms with E-state index in [1.807, 2.05) is 29.0 Å². The molecule has 0 aliphatic rings. The highest BCUT2D eigenvalue weighted by Crippen LogP contribution is 2.15. The summed E-state index contributed by atoms with van der Waals surface area (Å²) in [5.41, 5.74) is 3.28. The molecular formula is C12H10N4OS. The van der Waals surface area contributed by atoms with Crippen molar-refractivity contribution < 1.29 is 4.79 Å². The average Bonchev–Trinajstić information content (AvgIpc) is 2.98. The van der Waals surface area contributed by atoms with Crippen molar-refractivity contribution in [1.29, 1.82) is 0 Å². The van der Waals surface area contributed by atoms with Gasteiger partial charge in [-0.25, -0.2) is 0 Å². The van der Waals surface area contributed by atoms with Crippen molar-refractivity contribution in [3.63, 3.8) is 0 Å². The van der Waals surface area contributed by atoms with Crippen molar-refractivity contribution in [2.24, 2.45) is 0 Å². The van der Waals surface area contributed by atoms with Gasteiger partial charge >= 0.3 is 0 Å². The number of aromatic amines is 1. The maximum absolute atomic E-state index is 11.8. The van der Waals surface area contributed by atoms with Crippen LogP contribution in [0.2, 0.25) is 0 Å². The van der Waals surface area contributed by atoms with Gasteiger partial charge in [0.1, 0.15) is 11.0 Å². The number of nitrogens with one attached hydrogen (secondary N) is 2. The van der Waals surface area contributed by atoms with E-state index in [0.29, 0.717) is 6.42 Å². The number of aromatic nitrogens is 3. The standard InChI is InChI=1S/C12H10N4OS/c17-12(5-8-3-4-18-7-8)13-9-1-2-10-11(6-9)15-16-14-10/h1-4,6-7H,5H2,(H,13,17)(H,14,15,16). The number of carbonyl (C=O) groups excluding carboxylic acids is 1. The predicted molar refractivity (Wildman–Crippen MR) is 70.5 cm³/mol. The van der Waals surface area contributed by atoms with Crippen LogP contribution in [0.15, 0.2) is 35.0 Å². The molecule has 0 bridgehead atoms. The third kappa shape index (κ3) is 2.23. The number of amides is 1. The number of carbonyl (C=O) groups is 1. The largest absolute Gasteiger partial charge is 0.326 e. The number of rotatable bonds is 3. The van der Waals surface area contributed by atoms with Gasteiger partial charge in [0.25, 0.3) is 0 Å². The molecule has 6 heteroatoms. The van der Waals surface area contributed by atoms with Crippen LogP contribution in [0, 0.1) is 0 Å². The molecule has 90 valence electrons. The summed E-state index contributed by atoms with van der Waals surface area (Å²) >= 11 is 1.59. The Labute approximate surface area is 107 Å². The van der Waals surface area contributed by atoms with Crippen LogP contribution in [0.5, 0.6) is 0 Å². The van der Waals surface area contributed by atoms with E-state index in [2.05, 4.69) is 20.7 Å². The minimum Gasteiger partial charge on any atom is -0.326 e. The van der Waals surface area contributed by atoms with Gasteiger partial charge in [0.2, 0.25) is 5.91 Å². The van der Waals surface area contributed by atoms with Gasteiger partial charge in [0.05, 0.1) is 6.42 Å². The number of anilines is 1. The van der Waals surface area contributed by atoms with E-state index >= 15 is 0 Å². The first-order chi connectivity index (χ1) is 8.81. The van der Waals surface area contributed by atoms with E-state index in [1.54, 1.807) is 17.4 Å². The smallest absolute Gasteiger partial charge is 0.228 e. The van der Waals surface area contributed by atoms with E-state index < -0.39 is 0 Å². The molecule has 1 amide bonds. The number of nitrogens with zero attached hydrogens (tertiary/aromatic N) is 2. The van der Waals surface area contributed by atoms with Crippen molar-refractivity contribution >= 4 is 34.0 Å². The van der Waals surface area contributed by atoms with Gasteiger partial charge < -0.3 is 5.32 Å². The van der Waals surface area contributed by atoms with Crippen LogP contribution < -0.4 is 5.32 Å². The second kappa shape index (κ2) is 4.58. The number of hydrogen-bond acceptors (Lipinski definition) is 4. The van der Waals surface area contributed by atoms with Gasteiger partial charge in [-0.1, -0.05) is 0 Å². The summed E-state index contributed by atoms with van der Waals surface area (Å²) in [6.07, 6.45) is 0.389. The lowest BCUT2D eigenvalue weighted by Crippen LogP contribution is -2.13. The fraction of sp³-hybridized carbons (Fsp3) is 0.0833. The average molecular weight is 258 g/mol. The molecule has 0 atom stereocenters. The van der Waals surface area contributed by atoms with Crippen molar-refractivity contribution in [1.82, 2.24) is 15.4 Å². The molecule has 0 aliphatic heterocycles. The minimum atomic E-state index is -0.0313. The molecule has 5 nitrogen and oxygen atoms in total. The van der Waals surface area contributed by atoms with E-state index in [4.69, 9.17) is 0 Å². The third-order valence-corrected chi connectivity index (χ3v) is 3.28. The maximum atomic E-state index is 11.8. The summed E-state index contributed by atoms with van der Waals surface area (Å²) in [6, 6.07) is 7.38. The van der Waals surface area contributed by atoms with Gasteiger partial charge in [0, 0.05) is 5.69 Å². The molecule has 0 spiro atoms. The molecule has 0 fully saturated rings. The van der Waals surface area contributed by atoms with E-state index in [0.717, 1.165) is 22.3 Å². The molecule has 0 radical (unpaired) electrons. The highest BCUT2D eigenvalue weighted by Gasteiger charge is 2.06. The SMILES string of the molecule is O=C(Cc1ccsc1)Nc1ccc2n[nH]nc2c1. The summed E-state index contributed by atoms with van der Waals surface area (Å²) < 4.78 is 0. The fourth-order valence-corrected chi connectivity index (χ4v) is 2.37. The Kier molecular flexibility index (Phi) is 2.77. The van der Waals surface area contributed by atoms with Crippen molar-refractivity contribution in [3.8, 4) is 0 Å². The molecule has 0 saturated carbocycles. The van der Waals surface area contributed by atoms with Crippen molar-refractivity contribution in [3.05, 3.63) is 40.6 Å². The molecule has 3 rings (SSSR count). The second-order valence-corrected chi connectivity index (χ2v) is 4.66. The molecule has 0 aliphatic carbocycles. The normalized spacial score (nSPS) is 10.7. The van der Waals surface area contributed by atoms with Gasteiger partial charge in [-0.2, -0.15) is 26.7 Å². The van der Waals surface area contributed by atoms with Crippen LogP contribution in [0.1, 0.15) is 5.56 Å². The molecule has 1 aromatic carbocycles. The zero-order valence-electron chi connectivity index (χ0n) is 9.38. The summed E-state index contributed by atoms with van der Waals surface area (Å²) in [5, 5.41) is 17.3. The number of H-pyrrole nitrogens is 1. The monoisotopic (exact) mass is 258 g/mol. The first-order valence-electron chi connectivity index (χ1n) is 5.43. The first-order valence-corrected chi connectivity index (χ1v) is 6.37. The fourth-order valence-electron chi connectivity index (χ4n) is 1.70. The molecule has 2 heterocycles. The van der Waals surface area contributed by atoms with Gasteiger partial charge in [-0.3, -0.25) is 4.79 Å². The Morgan fingerprint density at radius 3 is 3.00 bits per heavy atom. The zero-order valence-corrected chi connectivity index (χ0v) is 10.2. The second-order valence-electron chi connectivity index (χ2n) is 3.88. The number of thiophene rings is 1. The van der Waals surface area contributed by atoms with Crippen LogP contribution in [-0.2, 0) is 11.2 Å². The molecular weight excluding hydrogens is 248 g/mol.